The fraction of sp³-hybridized carbons (Fsp3) is 0.296. The molecule has 0 bridgehead atoms. The first kappa shape index (κ1) is 27.2. The van der Waals surface area contributed by atoms with Crippen LogP contribution in [0.25, 0.3) is 0 Å². The largest absolute Gasteiger partial charge is 0.465 e. The molecule has 1 aliphatic rings. The monoisotopic (exact) mass is 545 g/mol. The number of halogens is 4. The van der Waals surface area contributed by atoms with E-state index in [-0.39, 0.29) is 29.8 Å². The highest BCUT2D eigenvalue weighted by atomic mass is 35.5. The summed E-state index contributed by atoms with van der Waals surface area (Å²) in [6.45, 7) is 0.0976. The van der Waals surface area contributed by atoms with Gasteiger partial charge in [-0.25, -0.2) is 9.78 Å². The van der Waals surface area contributed by atoms with Gasteiger partial charge in [0.25, 0.3) is 5.91 Å². The molecule has 198 valence electrons. The number of benzene rings is 2. The van der Waals surface area contributed by atoms with E-state index in [1.165, 1.54) is 30.9 Å². The number of aromatic nitrogens is 2. The highest BCUT2D eigenvalue weighted by Crippen LogP contribution is 2.46. The average Bonchev–Trinajstić information content (AvgIpc) is 3.61. The summed E-state index contributed by atoms with van der Waals surface area (Å²) in [6.07, 6.45) is -3.13. The summed E-state index contributed by atoms with van der Waals surface area (Å²) >= 11 is 6.37. The molecule has 1 amide bonds. The number of carbonyl (C=O) groups is 2. The molecule has 0 atom stereocenters. The maximum absolute atomic E-state index is 13.6. The quantitative estimate of drug-likeness (QED) is 0.340. The van der Waals surface area contributed by atoms with Gasteiger partial charge in [0.2, 0.25) is 5.28 Å². The number of methoxy groups -OCH3 is 2. The van der Waals surface area contributed by atoms with Crippen molar-refractivity contribution in [1.82, 2.24) is 14.9 Å². The van der Waals surface area contributed by atoms with E-state index >= 15 is 0 Å². The molecule has 11 heteroatoms. The number of rotatable bonds is 7. The van der Waals surface area contributed by atoms with Crippen molar-refractivity contribution in [3.05, 3.63) is 87.5 Å². The summed E-state index contributed by atoms with van der Waals surface area (Å²) in [5, 5.41) is 3.00. The fourth-order valence-electron chi connectivity index (χ4n) is 3.99. The van der Waals surface area contributed by atoms with E-state index in [2.05, 4.69) is 22.1 Å². The second kappa shape index (κ2) is 10.9. The number of carbonyl (C=O) groups excluding carboxylic acids is 2. The summed E-state index contributed by atoms with van der Waals surface area (Å²) in [6, 6.07) is 11.3. The third kappa shape index (κ3) is 5.85. The number of nitrogens with one attached hydrogen (secondary N) is 1. The SMILES string of the molecule is COCC#Cc1nc(Cl)n(Cc2ccc(C(F)(F)F)cc2)c1C(=O)NC1(c2ccc(C(=O)OC)cc2)CC1. The second-order valence-corrected chi connectivity index (χ2v) is 9.04. The van der Waals surface area contributed by atoms with Crippen LogP contribution in [0.3, 0.4) is 0 Å². The smallest absolute Gasteiger partial charge is 0.416 e. The molecule has 1 N–H and O–H groups in total. The molecule has 1 aromatic heterocycles. The molecule has 1 heterocycles. The van der Waals surface area contributed by atoms with Gasteiger partial charge in [0.15, 0.2) is 0 Å². The number of esters is 1. The minimum Gasteiger partial charge on any atom is -0.465 e. The summed E-state index contributed by atoms with van der Waals surface area (Å²) in [5.41, 5.74) is 0.446. The topological polar surface area (TPSA) is 82.5 Å². The molecular weight excluding hydrogens is 523 g/mol. The highest BCUT2D eigenvalue weighted by molar-refractivity contribution is 6.29. The van der Waals surface area contributed by atoms with Gasteiger partial charge in [-0.2, -0.15) is 13.2 Å². The van der Waals surface area contributed by atoms with Crippen LogP contribution in [0.15, 0.2) is 48.5 Å². The Morgan fingerprint density at radius 1 is 1.11 bits per heavy atom. The van der Waals surface area contributed by atoms with Gasteiger partial charge in [-0.3, -0.25) is 4.79 Å². The fourth-order valence-corrected chi connectivity index (χ4v) is 4.22. The molecular formula is C27H23ClF3N3O4. The molecule has 0 spiro atoms. The first-order valence-corrected chi connectivity index (χ1v) is 11.9. The zero-order valence-corrected chi connectivity index (χ0v) is 21.2. The lowest BCUT2D eigenvalue weighted by molar-refractivity contribution is -0.137. The molecule has 0 aliphatic heterocycles. The van der Waals surface area contributed by atoms with Crippen LogP contribution in [-0.2, 0) is 27.7 Å². The number of hydrogen-bond acceptors (Lipinski definition) is 5. The maximum atomic E-state index is 13.6. The molecule has 0 saturated heterocycles. The number of amides is 1. The molecule has 38 heavy (non-hydrogen) atoms. The number of alkyl halides is 3. The van der Waals surface area contributed by atoms with Gasteiger partial charge >= 0.3 is 12.1 Å². The highest BCUT2D eigenvalue weighted by Gasteiger charge is 2.46. The van der Waals surface area contributed by atoms with Crippen LogP contribution in [0.5, 0.6) is 0 Å². The lowest BCUT2D eigenvalue weighted by Crippen LogP contribution is -2.36. The molecule has 1 aliphatic carbocycles. The molecule has 3 aromatic rings. The molecule has 0 unspecified atom stereocenters. The van der Waals surface area contributed by atoms with Crippen molar-refractivity contribution in [2.45, 2.75) is 31.1 Å². The van der Waals surface area contributed by atoms with Crippen molar-refractivity contribution in [1.29, 1.82) is 0 Å². The van der Waals surface area contributed by atoms with Crippen LogP contribution in [-0.4, -0.2) is 42.3 Å². The summed E-state index contributed by atoms with van der Waals surface area (Å²) in [5.74, 6) is 4.58. The summed E-state index contributed by atoms with van der Waals surface area (Å²) in [7, 11) is 2.77. The lowest BCUT2D eigenvalue weighted by atomic mass is 10.0. The van der Waals surface area contributed by atoms with Crippen molar-refractivity contribution in [3.8, 4) is 11.8 Å². The summed E-state index contributed by atoms with van der Waals surface area (Å²) < 4.78 is 50.0. The lowest BCUT2D eigenvalue weighted by Gasteiger charge is -2.19. The van der Waals surface area contributed by atoms with Gasteiger partial charge in [0.05, 0.1) is 30.3 Å². The van der Waals surface area contributed by atoms with Gasteiger partial charge in [-0.1, -0.05) is 30.2 Å². The second-order valence-electron chi connectivity index (χ2n) is 8.70. The molecule has 4 rings (SSSR count). The third-order valence-electron chi connectivity index (χ3n) is 6.14. The molecule has 1 saturated carbocycles. The Morgan fingerprint density at radius 2 is 1.76 bits per heavy atom. The van der Waals surface area contributed by atoms with Gasteiger partial charge in [0, 0.05) is 7.11 Å². The Labute approximate surface area is 221 Å². The average molecular weight is 546 g/mol. The van der Waals surface area contributed by atoms with E-state index < -0.39 is 29.2 Å². The van der Waals surface area contributed by atoms with Gasteiger partial charge in [-0.05, 0) is 65.8 Å². The number of nitrogens with zero attached hydrogens (tertiary/aromatic N) is 2. The molecule has 1 fully saturated rings. The summed E-state index contributed by atoms with van der Waals surface area (Å²) in [4.78, 5) is 29.6. The van der Waals surface area contributed by atoms with E-state index in [9.17, 15) is 22.8 Å². The Kier molecular flexibility index (Phi) is 7.81. The Bertz CT molecular complexity index is 1400. The minimum atomic E-state index is -4.46. The van der Waals surface area contributed by atoms with Crippen LogP contribution in [0, 0.1) is 11.8 Å². The third-order valence-corrected chi connectivity index (χ3v) is 6.43. The number of imidazole rings is 1. The number of ether oxygens (including phenoxy) is 2. The standard InChI is InChI=1S/C27H23ClF3N3O4/c1-37-15-3-4-21-22(34(25(28)32-21)16-17-5-9-20(10-6-17)27(29,30)31)23(35)33-26(13-14-26)19-11-7-18(8-12-19)24(36)38-2/h5-12H,13-16H2,1-2H3,(H,33,35). The van der Waals surface area contributed by atoms with E-state index in [4.69, 9.17) is 21.1 Å². The Balaban J connectivity index is 1.65. The molecule has 0 radical (unpaired) electrons. The predicted octanol–water partition coefficient (Wildman–Crippen LogP) is 4.81. The number of hydrogen-bond donors (Lipinski definition) is 1. The van der Waals surface area contributed by atoms with Crippen LogP contribution < -0.4 is 5.32 Å². The zero-order chi connectivity index (χ0) is 27.5. The Hall–Kier alpha value is -3.81. The first-order valence-electron chi connectivity index (χ1n) is 11.5. The minimum absolute atomic E-state index is 0.000488. The van der Waals surface area contributed by atoms with Crippen molar-refractivity contribution >= 4 is 23.5 Å². The van der Waals surface area contributed by atoms with Crippen LogP contribution in [0.1, 0.15) is 56.1 Å². The predicted molar refractivity (Wildman–Crippen MR) is 133 cm³/mol. The normalized spacial score (nSPS) is 13.8. The first-order chi connectivity index (χ1) is 18.1. The van der Waals surface area contributed by atoms with Gasteiger partial charge < -0.3 is 19.4 Å². The van der Waals surface area contributed by atoms with Crippen molar-refractivity contribution < 1.29 is 32.2 Å². The van der Waals surface area contributed by atoms with Gasteiger partial charge in [0.1, 0.15) is 18.0 Å². The van der Waals surface area contributed by atoms with Crippen LogP contribution in [0.4, 0.5) is 13.2 Å². The van der Waals surface area contributed by atoms with E-state index in [0.29, 0.717) is 24.0 Å². The van der Waals surface area contributed by atoms with Crippen molar-refractivity contribution in [2.24, 2.45) is 0 Å². The van der Waals surface area contributed by atoms with Crippen LogP contribution >= 0.6 is 11.6 Å². The van der Waals surface area contributed by atoms with E-state index in [1.807, 2.05) is 0 Å². The molecule has 7 nitrogen and oxygen atoms in total. The zero-order valence-electron chi connectivity index (χ0n) is 20.5. The molecule has 2 aromatic carbocycles. The van der Waals surface area contributed by atoms with Gasteiger partial charge in [-0.15, -0.1) is 0 Å². The van der Waals surface area contributed by atoms with E-state index in [1.54, 1.807) is 24.3 Å². The van der Waals surface area contributed by atoms with Crippen LogP contribution in [0.2, 0.25) is 5.28 Å². The van der Waals surface area contributed by atoms with E-state index in [0.717, 1.165) is 17.7 Å². The Morgan fingerprint density at radius 3 is 2.32 bits per heavy atom. The maximum Gasteiger partial charge on any atom is 0.416 e. The van der Waals surface area contributed by atoms with Crippen molar-refractivity contribution in [3.63, 3.8) is 0 Å². The van der Waals surface area contributed by atoms with Crippen molar-refractivity contribution in [2.75, 3.05) is 20.8 Å².